The first-order chi connectivity index (χ1) is 14.3. The molecule has 2 aromatic carbocycles. The van der Waals surface area contributed by atoms with Crippen LogP contribution in [0.15, 0.2) is 60.8 Å². The molecule has 0 aliphatic rings. The van der Waals surface area contributed by atoms with Crippen molar-refractivity contribution in [2.24, 2.45) is 0 Å². The zero-order valence-corrected chi connectivity index (χ0v) is 15.8. The van der Waals surface area contributed by atoms with Gasteiger partial charge in [-0.25, -0.2) is 4.98 Å². The van der Waals surface area contributed by atoms with Crippen LogP contribution in [-0.2, 0) is 12.8 Å². The lowest BCUT2D eigenvalue weighted by Crippen LogP contribution is -2.23. The maximum absolute atomic E-state index is 13.6. The maximum atomic E-state index is 13.6. The molecule has 0 saturated carbocycles. The van der Waals surface area contributed by atoms with Gasteiger partial charge < -0.3 is 9.64 Å². The van der Waals surface area contributed by atoms with E-state index in [4.69, 9.17) is 4.74 Å². The number of aromatic nitrogens is 2. The molecular weight excluding hydrogens is 401 g/mol. The van der Waals surface area contributed by atoms with E-state index >= 15 is 0 Å². The zero-order valence-electron chi connectivity index (χ0n) is 15.8. The molecule has 1 aromatic heterocycles. The molecule has 3 aromatic rings. The van der Waals surface area contributed by atoms with Crippen molar-refractivity contribution in [3.05, 3.63) is 82.0 Å². The number of hydrogen-bond donors (Lipinski definition) is 0. The summed E-state index contributed by atoms with van der Waals surface area (Å²) in [5.74, 6) is -0.392. The molecular formula is C20H17F3N4O3. The monoisotopic (exact) mass is 418 g/mol. The molecule has 0 unspecified atom stereocenters. The molecule has 0 saturated heterocycles. The molecule has 3 rings (SSSR count). The highest BCUT2D eigenvalue weighted by Gasteiger charge is 2.37. The SMILES string of the molecule is CCN(c1ccc([N+](=O)[O-])cc1)c1nc(OCc2ccccc2)ncc1C(F)(F)F. The highest BCUT2D eigenvalue weighted by molar-refractivity contribution is 5.64. The molecule has 0 fully saturated rings. The number of nitrogens with zero attached hydrogens (tertiary/aromatic N) is 4. The second kappa shape index (κ2) is 8.76. The van der Waals surface area contributed by atoms with Gasteiger partial charge in [0.2, 0.25) is 0 Å². The van der Waals surface area contributed by atoms with Crippen LogP contribution in [0, 0.1) is 10.1 Å². The molecule has 0 aliphatic heterocycles. The smallest absolute Gasteiger partial charge is 0.421 e. The molecule has 1 heterocycles. The molecule has 0 spiro atoms. The lowest BCUT2D eigenvalue weighted by Gasteiger charge is -2.25. The number of benzene rings is 2. The third-order valence-electron chi connectivity index (χ3n) is 4.21. The van der Waals surface area contributed by atoms with E-state index in [0.29, 0.717) is 11.9 Å². The Morgan fingerprint density at radius 2 is 1.77 bits per heavy atom. The van der Waals surface area contributed by atoms with Gasteiger partial charge in [0.15, 0.2) is 5.82 Å². The van der Waals surface area contributed by atoms with Gasteiger partial charge in [0.25, 0.3) is 5.69 Å². The van der Waals surface area contributed by atoms with Crippen LogP contribution >= 0.6 is 0 Å². The van der Waals surface area contributed by atoms with Gasteiger partial charge in [0.1, 0.15) is 12.2 Å². The number of non-ortho nitro benzene ring substituents is 1. The Labute approximate surface area is 169 Å². The first-order valence-corrected chi connectivity index (χ1v) is 8.92. The number of hydrogen-bond acceptors (Lipinski definition) is 6. The molecule has 0 aliphatic carbocycles. The fourth-order valence-corrected chi connectivity index (χ4v) is 2.76. The number of nitro groups is 1. The van der Waals surface area contributed by atoms with Crippen LogP contribution in [0.2, 0.25) is 0 Å². The Morgan fingerprint density at radius 3 is 2.33 bits per heavy atom. The highest BCUT2D eigenvalue weighted by atomic mass is 19.4. The number of alkyl halides is 3. The second-order valence-electron chi connectivity index (χ2n) is 6.18. The standard InChI is InChI=1S/C20H17F3N4O3/c1-2-26(15-8-10-16(11-9-15)27(28)29)18-17(20(21,22)23)12-24-19(25-18)30-13-14-6-4-3-5-7-14/h3-12H,2,13H2,1H3. The van der Waals surface area contributed by atoms with Crippen LogP contribution in [0.1, 0.15) is 18.1 Å². The summed E-state index contributed by atoms with van der Waals surface area (Å²) in [5, 5.41) is 10.8. The summed E-state index contributed by atoms with van der Waals surface area (Å²) < 4.78 is 46.2. The normalized spacial score (nSPS) is 11.2. The van der Waals surface area contributed by atoms with Crippen molar-refractivity contribution in [3.63, 3.8) is 0 Å². The molecule has 0 radical (unpaired) electrons. The van der Waals surface area contributed by atoms with Crippen molar-refractivity contribution in [3.8, 4) is 6.01 Å². The van der Waals surface area contributed by atoms with Crippen LogP contribution in [0.3, 0.4) is 0 Å². The Balaban J connectivity index is 1.96. The van der Waals surface area contributed by atoms with Crippen LogP contribution in [0.4, 0.5) is 30.4 Å². The third kappa shape index (κ3) is 4.83. The van der Waals surface area contributed by atoms with E-state index in [9.17, 15) is 23.3 Å². The summed E-state index contributed by atoms with van der Waals surface area (Å²) in [4.78, 5) is 19.3. The number of nitro benzene ring substituents is 1. The molecule has 7 nitrogen and oxygen atoms in total. The van der Waals surface area contributed by atoms with E-state index in [-0.39, 0.29) is 24.8 Å². The Kier molecular flexibility index (Phi) is 6.14. The Morgan fingerprint density at radius 1 is 1.10 bits per heavy atom. The molecule has 0 amide bonds. The Bertz CT molecular complexity index is 1010. The number of ether oxygens (including phenoxy) is 1. The van der Waals surface area contributed by atoms with Crippen molar-refractivity contribution < 1.29 is 22.8 Å². The van der Waals surface area contributed by atoms with Crippen LogP contribution < -0.4 is 9.64 Å². The van der Waals surface area contributed by atoms with Gasteiger partial charge in [-0.2, -0.15) is 18.2 Å². The van der Waals surface area contributed by atoms with Gasteiger partial charge in [0, 0.05) is 30.6 Å². The minimum absolute atomic E-state index is 0.0926. The molecule has 156 valence electrons. The first-order valence-electron chi connectivity index (χ1n) is 8.92. The third-order valence-corrected chi connectivity index (χ3v) is 4.21. The van der Waals surface area contributed by atoms with Gasteiger partial charge in [-0.1, -0.05) is 30.3 Å². The predicted octanol–water partition coefficient (Wildman–Crippen LogP) is 5.14. The van der Waals surface area contributed by atoms with Crippen molar-refractivity contribution in [1.29, 1.82) is 0 Å². The maximum Gasteiger partial charge on any atom is 0.421 e. The van der Waals surface area contributed by atoms with Crippen molar-refractivity contribution in [2.75, 3.05) is 11.4 Å². The number of anilines is 2. The van der Waals surface area contributed by atoms with E-state index in [2.05, 4.69) is 9.97 Å². The van der Waals surface area contributed by atoms with Crippen LogP contribution in [0.25, 0.3) is 0 Å². The average Bonchev–Trinajstić information content (AvgIpc) is 2.73. The topological polar surface area (TPSA) is 81.4 Å². The fourth-order valence-electron chi connectivity index (χ4n) is 2.76. The fraction of sp³-hybridized carbons (Fsp3) is 0.200. The quantitative estimate of drug-likeness (QED) is 0.390. The van der Waals surface area contributed by atoms with E-state index in [0.717, 1.165) is 5.56 Å². The summed E-state index contributed by atoms with van der Waals surface area (Å²) in [7, 11) is 0. The molecule has 10 heteroatoms. The molecule has 0 atom stereocenters. The van der Waals surface area contributed by atoms with Gasteiger partial charge in [-0.3, -0.25) is 10.1 Å². The highest BCUT2D eigenvalue weighted by Crippen LogP contribution is 2.38. The van der Waals surface area contributed by atoms with Crippen molar-refractivity contribution in [1.82, 2.24) is 9.97 Å². The second-order valence-corrected chi connectivity index (χ2v) is 6.18. The van der Waals surface area contributed by atoms with Gasteiger partial charge in [-0.05, 0) is 24.6 Å². The molecule has 0 N–H and O–H groups in total. The van der Waals surface area contributed by atoms with Crippen molar-refractivity contribution in [2.45, 2.75) is 19.7 Å². The summed E-state index contributed by atoms with van der Waals surface area (Å²) in [6, 6.07) is 14.0. The van der Waals surface area contributed by atoms with Crippen LogP contribution in [-0.4, -0.2) is 21.4 Å². The summed E-state index contributed by atoms with van der Waals surface area (Å²) in [5.41, 5.74) is -0.0678. The van der Waals surface area contributed by atoms with Gasteiger partial charge >= 0.3 is 12.2 Å². The Hall–Kier alpha value is -3.69. The van der Waals surface area contributed by atoms with E-state index < -0.39 is 22.5 Å². The van der Waals surface area contributed by atoms with E-state index in [1.165, 1.54) is 29.2 Å². The summed E-state index contributed by atoms with van der Waals surface area (Å²) >= 11 is 0. The van der Waals surface area contributed by atoms with E-state index in [1.807, 2.05) is 18.2 Å². The predicted molar refractivity (Wildman–Crippen MR) is 104 cm³/mol. The van der Waals surface area contributed by atoms with Gasteiger partial charge in [-0.15, -0.1) is 0 Å². The summed E-state index contributed by atoms with van der Waals surface area (Å²) in [6.07, 6.45) is -4.02. The average molecular weight is 418 g/mol. The van der Waals surface area contributed by atoms with Crippen LogP contribution in [0.5, 0.6) is 6.01 Å². The zero-order chi connectivity index (χ0) is 21.7. The number of rotatable bonds is 7. The minimum atomic E-state index is -4.69. The lowest BCUT2D eigenvalue weighted by molar-refractivity contribution is -0.384. The largest absolute Gasteiger partial charge is 0.459 e. The lowest BCUT2D eigenvalue weighted by atomic mass is 10.2. The van der Waals surface area contributed by atoms with E-state index in [1.54, 1.807) is 19.1 Å². The molecule has 0 bridgehead atoms. The molecule has 30 heavy (non-hydrogen) atoms. The van der Waals surface area contributed by atoms with Crippen molar-refractivity contribution >= 4 is 17.2 Å². The van der Waals surface area contributed by atoms with Gasteiger partial charge in [0.05, 0.1) is 4.92 Å². The number of halogens is 3. The summed E-state index contributed by atoms with van der Waals surface area (Å²) in [6.45, 7) is 1.87. The first kappa shape index (κ1) is 21.0. The minimum Gasteiger partial charge on any atom is -0.459 e.